The molecule has 1 saturated heterocycles. The molecule has 0 spiro atoms. The van der Waals surface area contributed by atoms with E-state index in [0.717, 1.165) is 19.8 Å². The molecular formula is C14H21NOS. The van der Waals surface area contributed by atoms with Crippen molar-refractivity contribution in [1.82, 2.24) is 5.32 Å². The molecule has 0 aromatic carbocycles. The fraction of sp³-hybridized carbons (Fsp3) is 0.714. The first kappa shape index (κ1) is 11.7. The summed E-state index contributed by atoms with van der Waals surface area (Å²) in [6.07, 6.45) is 4.09. The highest BCUT2D eigenvalue weighted by Crippen LogP contribution is 2.59. The predicted molar refractivity (Wildman–Crippen MR) is 71.8 cm³/mol. The van der Waals surface area contributed by atoms with E-state index in [1.54, 1.807) is 4.88 Å². The molecule has 3 heteroatoms. The Balaban J connectivity index is 1.99. The zero-order valence-corrected chi connectivity index (χ0v) is 11.5. The first-order chi connectivity index (χ1) is 8.24. The number of nitrogens with one attached hydrogen (secondary N) is 1. The van der Waals surface area contributed by atoms with Crippen LogP contribution in [0.4, 0.5) is 0 Å². The number of hydrogen-bond donors (Lipinski definition) is 1. The quantitative estimate of drug-likeness (QED) is 0.888. The average molecular weight is 251 g/mol. The molecule has 0 amide bonds. The highest BCUT2D eigenvalue weighted by Gasteiger charge is 2.60. The van der Waals surface area contributed by atoms with Crippen molar-refractivity contribution in [2.45, 2.75) is 31.6 Å². The Morgan fingerprint density at radius 3 is 2.53 bits per heavy atom. The van der Waals surface area contributed by atoms with Crippen molar-refractivity contribution >= 4 is 11.3 Å². The molecule has 0 radical (unpaired) electrons. The lowest BCUT2D eigenvalue weighted by molar-refractivity contribution is -0.154. The molecule has 3 rings (SSSR count). The summed E-state index contributed by atoms with van der Waals surface area (Å²) in [5.41, 5.74) is 2.22. The van der Waals surface area contributed by atoms with Crippen molar-refractivity contribution in [3.8, 4) is 0 Å². The summed E-state index contributed by atoms with van der Waals surface area (Å²) in [7, 11) is 2.08. The Hall–Kier alpha value is -0.380. The number of aryl methyl sites for hydroxylation is 1. The van der Waals surface area contributed by atoms with Crippen LogP contribution in [-0.4, -0.2) is 26.8 Å². The van der Waals surface area contributed by atoms with E-state index in [0.29, 0.717) is 10.8 Å². The lowest BCUT2D eigenvalue weighted by Gasteiger charge is -2.60. The van der Waals surface area contributed by atoms with Gasteiger partial charge in [-0.15, -0.1) is 11.3 Å². The molecule has 1 aromatic rings. The van der Waals surface area contributed by atoms with Crippen LogP contribution in [0, 0.1) is 12.3 Å². The van der Waals surface area contributed by atoms with Gasteiger partial charge in [-0.25, -0.2) is 0 Å². The summed E-state index contributed by atoms with van der Waals surface area (Å²) < 4.78 is 5.62. The third-order valence-corrected chi connectivity index (χ3v) is 6.06. The Morgan fingerprint density at radius 1 is 1.41 bits per heavy atom. The third-order valence-electron chi connectivity index (χ3n) is 4.83. The molecule has 1 N–H and O–H groups in total. The van der Waals surface area contributed by atoms with Gasteiger partial charge in [0.25, 0.3) is 0 Å². The fourth-order valence-electron chi connectivity index (χ4n) is 3.61. The van der Waals surface area contributed by atoms with Gasteiger partial charge in [-0.05, 0) is 49.2 Å². The molecule has 1 aliphatic heterocycles. The van der Waals surface area contributed by atoms with Gasteiger partial charge in [0.05, 0.1) is 18.6 Å². The second-order valence-electron chi connectivity index (χ2n) is 5.67. The van der Waals surface area contributed by atoms with Gasteiger partial charge in [0.1, 0.15) is 0 Å². The molecular weight excluding hydrogens is 230 g/mol. The molecule has 1 aliphatic carbocycles. The monoisotopic (exact) mass is 251 g/mol. The van der Waals surface area contributed by atoms with Gasteiger partial charge in [-0.1, -0.05) is 6.42 Å². The SMILES string of the molecule is CNCC1(C2(c3sccc3C)COC2)CCC1. The van der Waals surface area contributed by atoms with Gasteiger partial charge in [0.2, 0.25) is 0 Å². The van der Waals surface area contributed by atoms with Crippen LogP contribution >= 0.6 is 11.3 Å². The van der Waals surface area contributed by atoms with Crippen molar-refractivity contribution < 1.29 is 4.74 Å². The standard InChI is InChI=1S/C14H21NOS/c1-11-4-7-17-12(11)14(9-16-10-14)13(8-15-2)5-3-6-13/h4,7,15H,3,5-6,8-10H2,1-2H3. The van der Waals surface area contributed by atoms with Gasteiger partial charge >= 0.3 is 0 Å². The Morgan fingerprint density at radius 2 is 2.18 bits per heavy atom. The Bertz CT molecular complexity index is 404. The zero-order valence-electron chi connectivity index (χ0n) is 10.7. The first-order valence-electron chi connectivity index (χ1n) is 6.51. The van der Waals surface area contributed by atoms with Crippen molar-refractivity contribution in [1.29, 1.82) is 0 Å². The van der Waals surface area contributed by atoms with Crippen LogP contribution in [0.15, 0.2) is 11.4 Å². The number of rotatable bonds is 4. The van der Waals surface area contributed by atoms with E-state index in [1.165, 1.54) is 24.8 Å². The smallest absolute Gasteiger partial charge is 0.0599 e. The summed E-state index contributed by atoms with van der Waals surface area (Å²) in [6.45, 7) is 5.23. The zero-order chi connectivity index (χ0) is 11.9. The summed E-state index contributed by atoms with van der Waals surface area (Å²) in [4.78, 5) is 1.58. The van der Waals surface area contributed by atoms with E-state index in [9.17, 15) is 0 Å². The fourth-order valence-corrected chi connectivity index (χ4v) is 4.84. The van der Waals surface area contributed by atoms with Gasteiger partial charge in [-0.2, -0.15) is 0 Å². The third kappa shape index (κ3) is 1.46. The molecule has 0 unspecified atom stereocenters. The van der Waals surface area contributed by atoms with Crippen molar-refractivity contribution in [2.75, 3.05) is 26.8 Å². The predicted octanol–water partition coefficient (Wildman–Crippen LogP) is 2.71. The minimum Gasteiger partial charge on any atom is -0.379 e. The van der Waals surface area contributed by atoms with Crippen LogP contribution in [0.25, 0.3) is 0 Å². The van der Waals surface area contributed by atoms with Gasteiger partial charge in [0.15, 0.2) is 0 Å². The van der Waals surface area contributed by atoms with Crippen LogP contribution in [0.3, 0.4) is 0 Å². The van der Waals surface area contributed by atoms with Crippen molar-refractivity contribution in [3.63, 3.8) is 0 Å². The lowest BCUT2D eigenvalue weighted by atomic mass is 9.51. The maximum Gasteiger partial charge on any atom is 0.0599 e. The van der Waals surface area contributed by atoms with E-state index in [4.69, 9.17) is 4.74 Å². The van der Waals surface area contributed by atoms with Crippen molar-refractivity contribution in [2.24, 2.45) is 5.41 Å². The molecule has 0 bridgehead atoms. The minimum atomic E-state index is 0.312. The molecule has 2 aliphatic rings. The first-order valence-corrected chi connectivity index (χ1v) is 7.39. The summed E-state index contributed by atoms with van der Waals surface area (Å²) in [5, 5.41) is 5.65. The molecule has 0 atom stereocenters. The Labute approximate surface area is 107 Å². The van der Waals surface area contributed by atoms with Crippen molar-refractivity contribution in [3.05, 3.63) is 21.9 Å². The van der Waals surface area contributed by atoms with E-state index in [1.807, 2.05) is 11.3 Å². The highest BCUT2D eigenvalue weighted by molar-refractivity contribution is 7.10. The maximum atomic E-state index is 5.62. The maximum absolute atomic E-state index is 5.62. The van der Waals surface area contributed by atoms with Gasteiger partial charge in [-0.3, -0.25) is 0 Å². The van der Waals surface area contributed by atoms with E-state index < -0.39 is 0 Å². The number of ether oxygens (including phenoxy) is 1. The minimum absolute atomic E-state index is 0.312. The molecule has 94 valence electrons. The van der Waals surface area contributed by atoms with E-state index in [-0.39, 0.29) is 0 Å². The summed E-state index contributed by atoms with van der Waals surface area (Å²) in [5.74, 6) is 0. The summed E-state index contributed by atoms with van der Waals surface area (Å²) >= 11 is 1.93. The second kappa shape index (κ2) is 4.08. The molecule has 1 saturated carbocycles. The van der Waals surface area contributed by atoms with Crippen LogP contribution in [0.5, 0.6) is 0 Å². The van der Waals surface area contributed by atoms with Crippen LogP contribution in [-0.2, 0) is 10.2 Å². The molecule has 2 nitrogen and oxygen atoms in total. The Kier molecular flexibility index (Phi) is 2.80. The average Bonchev–Trinajstić information content (AvgIpc) is 2.60. The lowest BCUT2D eigenvalue weighted by Crippen LogP contribution is -2.64. The number of thiophene rings is 1. The number of hydrogen-bond acceptors (Lipinski definition) is 3. The van der Waals surface area contributed by atoms with E-state index in [2.05, 4.69) is 30.7 Å². The topological polar surface area (TPSA) is 21.3 Å². The molecule has 2 heterocycles. The summed E-state index contributed by atoms with van der Waals surface area (Å²) in [6, 6.07) is 2.26. The molecule has 1 aromatic heterocycles. The highest BCUT2D eigenvalue weighted by atomic mass is 32.1. The van der Waals surface area contributed by atoms with Gasteiger partial charge in [0, 0.05) is 11.4 Å². The second-order valence-corrected chi connectivity index (χ2v) is 6.59. The van der Waals surface area contributed by atoms with Crippen LogP contribution < -0.4 is 5.32 Å². The van der Waals surface area contributed by atoms with E-state index >= 15 is 0 Å². The largest absolute Gasteiger partial charge is 0.379 e. The molecule has 2 fully saturated rings. The van der Waals surface area contributed by atoms with Crippen LogP contribution in [0.2, 0.25) is 0 Å². The molecule has 17 heavy (non-hydrogen) atoms. The van der Waals surface area contributed by atoms with Crippen LogP contribution in [0.1, 0.15) is 29.7 Å². The normalized spacial score (nSPS) is 25.1. The van der Waals surface area contributed by atoms with Gasteiger partial charge < -0.3 is 10.1 Å².